The van der Waals surface area contributed by atoms with Gasteiger partial charge in [0.25, 0.3) is 5.91 Å². The number of hydrogen-bond acceptors (Lipinski definition) is 5. The Bertz CT molecular complexity index is 1170. The van der Waals surface area contributed by atoms with Crippen LogP contribution in [0.2, 0.25) is 0 Å². The molecule has 0 atom stereocenters. The first kappa shape index (κ1) is 20.5. The Morgan fingerprint density at radius 2 is 1.90 bits per heavy atom. The summed E-state index contributed by atoms with van der Waals surface area (Å²) >= 11 is 0. The van der Waals surface area contributed by atoms with Crippen molar-refractivity contribution in [1.82, 2.24) is 15.1 Å². The summed E-state index contributed by atoms with van der Waals surface area (Å²) in [7, 11) is 3.37. The average molecular weight is 430 g/mol. The molecule has 0 radical (unpaired) electrons. The number of amides is 1. The molecule has 0 saturated heterocycles. The van der Waals surface area contributed by atoms with Crippen LogP contribution in [0.25, 0.3) is 11.1 Å². The predicted octanol–water partition coefficient (Wildman–Crippen LogP) is 4.01. The first-order valence-corrected chi connectivity index (χ1v) is 9.17. The van der Waals surface area contributed by atoms with Crippen LogP contribution in [-0.2, 0) is 13.5 Å². The number of carbonyl (C=O) groups is 1. The van der Waals surface area contributed by atoms with Gasteiger partial charge in [0.05, 0.1) is 19.0 Å². The standard InChI is InChI=1S/C21H17F3N4O3/c1-28-11-13(10-25-28)15-7-8-17(30-2)16-9-18(26-19(15)16)27-20(29)12-3-5-14(6-4-12)31-21(22,23)24/h3-8,10-11H,9H2,1-2H3,(H,26,27,29). The molecule has 0 spiro atoms. The fourth-order valence-electron chi connectivity index (χ4n) is 3.33. The third-order valence-electron chi connectivity index (χ3n) is 4.67. The first-order valence-electron chi connectivity index (χ1n) is 9.17. The Kier molecular flexibility index (Phi) is 5.14. The van der Waals surface area contributed by atoms with Crippen molar-refractivity contribution in [2.45, 2.75) is 12.8 Å². The van der Waals surface area contributed by atoms with Crippen LogP contribution in [0.4, 0.5) is 18.9 Å². The summed E-state index contributed by atoms with van der Waals surface area (Å²) in [6, 6.07) is 8.37. The second-order valence-electron chi connectivity index (χ2n) is 6.81. The fraction of sp³-hybridized carbons (Fsp3) is 0.190. The van der Waals surface area contributed by atoms with Crippen LogP contribution in [0.5, 0.6) is 11.5 Å². The molecule has 10 heteroatoms. The van der Waals surface area contributed by atoms with Crippen LogP contribution in [0, 0.1) is 0 Å². The largest absolute Gasteiger partial charge is 0.573 e. The summed E-state index contributed by atoms with van der Waals surface area (Å²) in [4.78, 5) is 17.1. The lowest BCUT2D eigenvalue weighted by atomic mass is 10.0. The van der Waals surface area contributed by atoms with E-state index in [0.29, 0.717) is 23.7 Å². The summed E-state index contributed by atoms with van der Waals surface area (Å²) in [5.74, 6) is 0.155. The summed E-state index contributed by atoms with van der Waals surface area (Å²) in [6.45, 7) is 0. The molecule has 0 aliphatic carbocycles. The van der Waals surface area contributed by atoms with Crippen molar-refractivity contribution in [2.75, 3.05) is 7.11 Å². The van der Waals surface area contributed by atoms with Gasteiger partial charge in [-0.2, -0.15) is 5.10 Å². The van der Waals surface area contributed by atoms with E-state index in [1.807, 2.05) is 25.4 Å². The molecule has 1 aliphatic heterocycles. The maximum atomic E-state index is 12.6. The molecular formula is C21H17F3N4O3. The van der Waals surface area contributed by atoms with Crippen LogP contribution in [0.15, 0.2) is 53.8 Å². The molecule has 2 heterocycles. The number of aliphatic imine (C=N–C) groups is 1. The van der Waals surface area contributed by atoms with Gasteiger partial charge in [0.1, 0.15) is 17.3 Å². The SMILES string of the molecule is COc1ccc(-c2cnn(C)c2)c2c1CC(NC(=O)c1ccc(OC(F)(F)F)cc1)=N2. The number of fused-ring (bicyclic) bond motifs is 1. The van der Waals surface area contributed by atoms with E-state index in [9.17, 15) is 18.0 Å². The fourth-order valence-corrected chi connectivity index (χ4v) is 3.33. The van der Waals surface area contributed by atoms with E-state index in [2.05, 4.69) is 20.1 Å². The number of amidine groups is 1. The zero-order valence-corrected chi connectivity index (χ0v) is 16.5. The van der Waals surface area contributed by atoms with Gasteiger partial charge in [0, 0.05) is 41.9 Å². The maximum Gasteiger partial charge on any atom is 0.573 e. The Morgan fingerprint density at radius 1 is 1.16 bits per heavy atom. The highest BCUT2D eigenvalue weighted by molar-refractivity contribution is 6.10. The molecule has 1 aromatic heterocycles. The molecule has 1 amide bonds. The van der Waals surface area contributed by atoms with Gasteiger partial charge < -0.3 is 14.8 Å². The number of rotatable bonds is 4. The van der Waals surface area contributed by atoms with E-state index in [0.717, 1.165) is 28.8 Å². The van der Waals surface area contributed by atoms with E-state index in [-0.39, 0.29) is 5.56 Å². The predicted molar refractivity (Wildman–Crippen MR) is 107 cm³/mol. The van der Waals surface area contributed by atoms with Crippen LogP contribution < -0.4 is 14.8 Å². The summed E-state index contributed by atoms with van der Waals surface area (Å²) < 4.78 is 47.8. The molecule has 0 bridgehead atoms. The van der Waals surface area contributed by atoms with Crippen LogP contribution in [0.3, 0.4) is 0 Å². The number of hydrogen-bond donors (Lipinski definition) is 1. The minimum absolute atomic E-state index is 0.174. The van der Waals surface area contributed by atoms with Gasteiger partial charge >= 0.3 is 6.36 Å². The van der Waals surface area contributed by atoms with E-state index in [4.69, 9.17) is 4.74 Å². The number of nitrogens with one attached hydrogen (secondary N) is 1. The molecule has 0 saturated carbocycles. The monoisotopic (exact) mass is 430 g/mol. The van der Waals surface area contributed by atoms with Gasteiger partial charge in [-0.3, -0.25) is 9.48 Å². The quantitative estimate of drug-likeness (QED) is 0.679. The zero-order valence-electron chi connectivity index (χ0n) is 16.5. The summed E-state index contributed by atoms with van der Waals surface area (Å²) in [6.07, 6.45) is -0.871. The molecule has 1 aliphatic rings. The number of aromatic nitrogens is 2. The minimum atomic E-state index is -4.79. The number of alkyl halides is 3. The summed E-state index contributed by atoms with van der Waals surface area (Å²) in [5.41, 5.74) is 3.40. The van der Waals surface area contributed by atoms with Gasteiger partial charge in [-0.25, -0.2) is 4.99 Å². The Labute approximate surface area is 175 Å². The second-order valence-corrected chi connectivity index (χ2v) is 6.81. The number of methoxy groups -OCH3 is 1. The summed E-state index contributed by atoms with van der Waals surface area (Å²) in [5, 5.41) is 6.90. The lowest BCUT2D eigenvalue weighted by Crippen LogP contribution is -2.30. The average Bonchev–Trinajstić information content (AvgIpc) is 3.32. The minimum Gasteiger partial charge on any atom is -0.496 e. The number of benzene rings is 2. The lowest BCUT2D eigenvalue weighted by molar-refractivity contribution is -0.274. The highest BCUT2D eigenvalue weighted by Crippen LogP contribution is 2.42. The van der Waals surface area contributed by atoms with Crippen molar-refractivity contribution in [3.63, 3.8) is 0 Å². The van der Waals surface area contributed by atoms with Gasteiger partial charge in [-0.05, 0) is 36.4 Å². The van der Waals surface area contributed by atoms with Gasteiger partial charge in [-0.15, -0.1) is 13.2 Å². The highest BCUT2D eigenvalue weighted by atomic mass is 19.4. The molecule has 0 unspecified atom stereocenters. The molecular weight excluding hydrogens is 413 g/mol. The maximum absolute atomic E-state index is 12.6. The normalized spacial score (nSPS) is 12.9. The van der Waals surface area contributed by atoms with Crippen molar-refractivity contribution < 1.29 is 27.4 Å². The van der Waals surface area contributed by atoms with Gasteiger partial charge in [0.2, 0.25) is 0 Å². The lowest BCUT2D eigenvalue weighted by Gasteiger charge is -2.10. The molecule has 0 fully saturated rings. The topological polar surface area (TPSA) is 77.7 Å². The number of aryl methyl sites for hydroxylation is 1. The molecule has 31 heavy (non-hydrogen) atoms. The number of halogens is 3. The van der Waals surface area contributed by atoms with Crippen LogP contribution in [0.1, 0.15) is 15.9 Å². The molecule has 2 aromatic carbocycles. The Balaban J connectivity index is 1.56. The number of carbonyl (C=O) groups excluding carboxylic acids is 1. The molecule has 160 valence electrons. The smallest absolute Gasteiger partial charge is 0.496 e. The third kappa shape index (κ3) is 4.37. The molecule has 4 rings (SSSR count). The molecule has 1 N–H and O–H groups in total. The van der Waals surface area contributed by atoms with Crippen molar-refractivity contribution in [3.8, 4) is 22.6 Å². The Hall–Kier alpha value is -3.82. The second kappa shape index (κ2) is 7.78. The van der Waals surface area contributed by atoms with E-state index in [1.54, 1.807) is 18.0 Å². The van der Waals surface area contributed by atoms with Crippen molar-refractivity contribution in [1.29, 1.82) is 0 Å². The van der Waals surface area contributed by atoms with Gasteiger partial charge in [-0.1, -0.05) is 0 Å². The molecule has 3 aromatic rings. The Morgan fingerprint density at radius 3 is 2.52 bits per heavy atom. The van der Waals surface area contributed by atoms with E-state index >= 15 is 0 Å². The van der Waals surface area contributed by atoms with Crippen molar-refractivity contribution in [2.24, 2.45) is 12.0 Å². The zero-order chi connectivity index (χ0) is 22.2. The molecule has 7 nitrogen and oxygen atoms in total. The van der Waals surface area contributed by atoms with Crippen molar-refractivity contribution in [3.05, 3.63) is 59.9 Å². The van der Waals surface area contributed by atoms with Crippen LogP contribution in [-0.4, -0.2) is 35.0 Å². The number of nitrogens with zero attached hydrogens (tertiary/aromatic N) is 3. The van der Waals surface area contributed by atoms with E-state index < -0.39 is 18.0 Å². The number of ether oxygens (including phenoxy) is 2. The highest BCUT2D eigenvalue weighted by Gasteiger charge is 2.31. The third-order valence-corrected chi connectivity index (χ3v) is 4.67. The van der Waals surface area contributed by atoms with Crippen molar-refractivity contribution >= 4 is 17.4 Å². The van der Waals surface area contributed by atoms with Crippen LogP contribution >= 0.6 is 0 Å². The van der Waals surface area contributed by atoms with E-state index in [1.165, 1.54) is 12.1 Å². The van der Waals surface area contributed by atoms with Gasteiger partial charge in [0.15, 0.2) is 0 Å². The first-order chi connectivity index (χ1) is 14.7.